The van der Waals surface area contributed by atoms with Crippen molar-refractivity contribution >= 4 is 33.9 Å². The zero-order valence-corrected chi connectivity index (χ0v) is 14.4. The van der Waals surface area contributed by atoms with Crippen LogP contribution in [0.2, 0.25) is 0 Å². The van der Waals surface area contributed by atoms with Crippen LogP contribution in [0.25, 0.3) is 5.57 Å². The molecule has 2 rings (SSSR count). The lowest BCUT2D eigenvalue weighted by molar-refractivity contribution is 0.900. The Labute approximate surface area is 140 Å². The fraction of sp³-hybridized carbons (Fsp3) is 0.211. The fourth-order valence-corrected chi connectivity index (χ4v) is 2.78. The maximum atomic E-state index is 3.50. The molecule has 2 aromatic carbocycles. The molecule has 1 N–H and O–H groups in total. The van der Waals surface area contributed by atoms with E-state index in [0.717, 1.165) is 19.4 Å². The lowest BCUT2D eigenvalue weighted by atomic mass is 10.0. The number of anilines is 1. The first-order valence-electron chi connectivity index (χ1n) is 7.25. The number of rotatable bonds is 6. The molecule has 0 saturated heterocycles. The molecular weight excluding hydrogens is 369 g/mol. The van der Waals surface area contributed by atoms with Gasteiger partial charge in [-0.2, -0.15) is 0 Å². The number of para-hydroxylation sites is 1. The van der Waals surface area contributed by atoms with Crippen molar-refractivity contribution in [2.45, 2.75) is 19.8 Å². The summed E-state index contributed by atoms with van der Waals surface area (Å²) in [6.45, 7) is 3.00. The van der Waals surface area contributed by atoms with Crippen LogP contribution in [0.15, 0.2) is 66.4 Å². The van der Waals surface area contributed by atoms with E-state index in [1.807, 2.05) is 13.0 Å². The zero-order chi connectivity index (χ0) is 14.9. The van der Waals surface area contributed by atoms with Crippen LogP contribution in [0.1, 0.15) is 25.3 Å². The molecule has 1 nitrogen and oxygen atoms in total. The van der Waals surface area contributed by atoms with E-state index in [-0.39, 0.29) is 0 Å². The van der Waals surface area contributed by atoms with Crippen molar-refractivity contribution in [1.29, 1.82) is 0 Å². The molecule has 108 valence electrons. The summed E-state index contributed by atoms with van der Waals surface area (Å²) in [6.07, 6.45) is 4.12. The number of benzene rings is 2. The van der Waals surface area contributed by atoms with E-state index >= 15 is 0 Å². The van der Waals surface area contributed by atoms with Gasteiger partial charge in [0.1, 0.15) is 0 Å². The van der Waals surface area contributed by atoms with Crippen molar-refractivity contribution in [1.82, 2.24) is 0 Å². The number of halogens is 1. The van der Waals surface area contributed by atoms with Gasteiger partial charge in [-0.1, -0.05) is 42.5 Å². The maximum absolute atomic E-state index is 3.50. The number of hydrogen-bond acceptors (Lipinski definition) is 1. The van der Waals surface area contributed by atoms with Gasteiger partial charge in [0.25, 0.3) is 0 Å². The van der Waals surface area contributed by atoms with Gasteiger partial charge in [0.15, 0.2) is 0 Å². The molecule has 2 aromatic rings. The van der Waals surface area contributed by atoms with Crippen molar-refractivity contribution in [2.24, 2.45) is 0 Å². The van der Waals surface area contributed by atoms with Gasteiger partial charge in [-0.15, -0.1) is 5.73 Å². The van der Waals surface area contributed by atoms with Crippen LogP contribution in [-0.4, -0.2) is 6.54 Å². The molecule has 0 heterocycles. The van der Waals surface area contributed by atoms with E-state index in [2.05, 4.69) is 88.2 Å². The zero-order valence-electron chi connectivity index (χ0n) is 12.3. The molecule has 0 aliphatic heterocycles. The summed E-state index contributed by atoms with van der Waals surface area (Å²) in [5, 5.41) is 3.50. The van der Waals surface area contributed by atoms with Crippen LogP contribution in [0.4, 0.5) is 5.69 Å². The summed E-state index contributed by atoms with van der Waals surface area (Å²) in [5.41, 5.74) is 7.14. The summed E-state index contributed by atoms with van der Waals surface area (Å²) >= 11 is 2.36. The Kier molecular flexibility index (Phi) is 6.58. The highest BCUT2D eigenvalue weighted by Gasteiger charge is 2.01. The Bertz CT molecular complexity index is 625. The SMILES string of the molecule is CC=C=C(CCCNc1ccccc1I)c1ccccc1. The summed E-state index contributed by atoms with van der Waals surface area (Å²) < 4.78 is 1.27. The molecule has 0 radical (unpaired) electrons. The average Bonchev–Trinajstić information content (AvgIpc) is 2.53. The van der Waals surface area contributed by atoms with Crippen LogP contribution in [-0.2, 0) is 0 Å². The lowest BCUT2D eigenvalue weighted by Crippen LogP contribution is -2.03. The molecule has 0 aliphatic rings. The maximum Gasteiger partial charge on any atom is 0.0475 e. The van der Waals surface area contributed by atoms with E-state index in [0.29, 0.717) is 0 Å². The molecule has 2 heteroatoms. The summed E-state index contributed by atoms with van der Waals surface area (Å²) in [7, 11) is 0. The Morgan fingerprint density at radius 1 is 1.10 bits per heavy atom. The number of nitrogens with one attached hydrogen (secondary N) is 1. The predicted octanol–water partition coefficient (Wildman–Crippen LogP) is 5.74. The minimum absolute atomic E-state index is 0.974. The monoisotopic (exact) mass is 389 g/mol. The molecule has 0 spiro atoms. The van der Waals surface area contributed by atoms with Crippen LogP contribution in [0, 0.1) is 3.57 Å². The molecule has 0 amide bonds. The first kappa shape index (κ1) is 15.9. The first-order valence-corrected chi connectivity index (χ1v) is 8.33. The average molecular weight is 389 g/mol. The second kappa shape index (κ2) is 8.71. The van der Waals surface area contributed by atoms with Crippen LogP contribution in [0.3, 0.4) is 0 Å². The van der Waals surface area contributed by atoms with Gasteiger partial charge in [-0.3, -0.25) is 0 Å². The molecule has 0 unspecified atom stereocenters. The van der Waals surface area contributed by atoms with E-state index in [1.54, 1.807) is 0 Å². The highest BCUT2D eigenvalue weighted by molar-refractivity contribution is 14.1. The highest BCUT2D eigenvalue weighted by Crippen LogP contribution is 2.20. The number of hydrogen-bond donors (Lipinski definition) is 1. The Balaban J connectivity index is 1.90. The second-order valence-electron chi connectivity index (χ2n) is 4.79. The Morgan fingerprint density at radius 3 is 2.52 bits per heavy atom. The largest absolute Gasteiger partial charge is 0.384 e. The first-order chi connectivity index (χ1) is 10.3. The van der Waals surface area contributed by atoms with Crippen molar-refractivity contribution in [3.63, 3.8) is 0 Å². The molecule has 0 atom stereocenters. The van der Waals surface area contributed by atoms with Gasteiger partial charge in [0, 0.05) is 21.4 Å². The fourth-order valence-electron chi connectivity index (χ4n) is 2.21. The lowest BCUT2D eigenvalue weighted by Gasteiger charge is -2.09. The minimum atomic E-state index is 0.974. The van der Waals surface area contributed by atoms with Gasteiger partial charge in [-0.25, -0.2) is 0 Å². The third-order valence-electron chi connectivity index (χ3n) is 3.23. The molecular formula is C19H20IN. The third-order valence-corrected chi connectivity index (χ3v) is 4.17. The standard InChI is InChI=1S/C19H20IN/c1-2-9-16(17-10-4-3-5-11-17)12-8-15-21-19-14-7-6-13-18(19)20/h2-7,10-11,13-14,21H,8,12,15H2,1H3. The molecule has 21 heavy (non-hydrogen) atoms. The van der Waals surface area contributed by atoms with Gasteiger partial charge in [-0.05, 0) is 66.1 Å². The highest BCUT2D eigenvalue weighted by atomic mass is 127. The Hall–Kier alpha value is -1.51. The summed E-state index contributed by atoms with van der Waals surface area (Å²) in [4.78, 5) is 0. The third kappa shape index (κ3) is 5.07. The second-order valence-corrected chi connectivity index (χ2v) is 5.95. The number of allylic oxidation sites excluding steroid dienone is 1. The molecule has 0 bridgehead atoms. The van der Waals surface area contributed by atoms with Crippen molar-refractivity contribution < 1.29 is 0 Å². The van der Waals surface area contributed by atoms with Crippen LogP contribution < -0.4 is 5.32 Å². The van der Waals surface area contributed by atoms with Crippen molar-refractivity contribution in [3.05, 3.63) is 75.5 Å². The summed E-state index contributed by atoms with van der Waals surface area (Å²) in [5.74, 6) is 0. The molecule has 0 aromatic heterocycles. The molecule has 0 saturated carbocycles. The normalized spacial score (nSPS) is 9.81. The van der Waals surface area contributed by atoms with E-state index in [9.17, 15) is 0 Å². The molecule has 0 aliphatic carbocycles. The van der Waals surface area contributed by atoms with Crippen LogP contribution >= 0.6 is 22.6 Å². The van der Waals surface area contributed by atoms with Crippen LogP contribution in [0.5, 0.6) is 0 Å². The minimum Gasteiger partial charge on any atom is -0.384 e. The van der Waals surface area contributed by atoms with E-state index < -0.39 is 0 Å². The van der Waals surface area contributed by atoms with E-state index in [4.69, 9.17) is 0 Å². The Morgan fingerprint density at radius 2 is 1.81 bits per heavy atom. The van der Waals surface area contributed by atoms with Crippen molar-refractivity contribution in [3.8, 4) is 0 Å². The summed E-state index contributed by atoms with van der Waals surface area (Å²) in [6, 6.07) is 18.9. The van der Waals surface area contributed by atoms with Gasteiger partial charge >= 0.3 is 0 Å². The quantitative estimate of drug-likeness (QED) is 0.377. The topological polar surface area (TPSA) is 12.0 Å². The van der Waals surface area contributed by atoms with E-state index in [1.165, 1.54) is 20.4 Å². The van der Waals surface area contributed by atoms with Gasteiger partial charge < -0.3 is 5.32 Å². The molecule has 0 fully saturated rings. The van der Waals surface area contributed by atoms with Crippen molar-refractivity contribution in [2.75, 3.05) is 11.9 Å². The smallest absolute Gasteiger partial charge is 0.0475 e. The predicted molar refractivity (Wildman–Crippen MR) is 100 cm³/mol. The van der Waals surface area contributed by atoms with Gasteiger partial charge in [0.05, 0.1) is 0 Å². The van der Waals surface area contributed by atoms with Gasteiger partial charge in [0.2, 0.25) is 0 Å².